The second-order valence-electron chi connectivity index (χ2n) is 7.84. The molecule has 0 atom stereocenters. The summed E-state index contributed by atoms with van der Waals surface area (Å²) in [5.41, 5.74) is 4.78. The first-order valence-electron chi connectivity index (χ1n) is 9.80. The lowest BCUT2D eigenvalue weighted by molar-refractivity contribution is 0.0697. The van der Waals surface area contributed by atoms with E-state index in [2.05, 4.69) is 17.4 Å². The van der Waals surface area contributed by atoms with Crippen LogP contribution in [0.2, 0.25) is 0 Å². The molecule has 1 aliphatic rings. The van der Waals surface area contributed by atoms with Crippen molar-refractivity contribution in [3.8, 4) is 11.1 Å². The van der Waals surface area contributed by atoms with Crippen molar-refractivity contribution in [2.24, 2.45) is 0 Å². The van der Waals surface area contributed by atoms with Crippen LogP contribution in [0.4, 0.5) is 10.5 Å². The Morgan fingerprint density at radius 1 is 0.968 bits per heavy atom. The molecule has 0 aliphatic heterocycles. The van der Waals surface area contributed by atoms with E-state index in [-0.39, 0.29) is 23.8 Å². The van der Waals surface area contributed by atoms with Gasteiger partial charge < -0.3 is 14.4 Å². The van der Waals surface area contributed by atoms with Gasteiger partial charge in [-0.1, -0.05) is 48.5 Å². The van der Waals surface area contributed by atoms with Crippen LogP contribution in [-0.2, 0) is 9.30 Å². The van der Waals surface area contributed by atoms with Crippen LogP contribution in [-0.4, -0.2) is 37.1 Å². The fourth-order valence-corrected chi connectivity index (χ4v) is 5.12. The number of ether oxygens (including phenoxy) is 1. The molecule has 2 N–H and O–H groups in total. The highest BCUT2D eigenvalue weighted by Crippen LogP contribution is 2.44. The topological polar surface area (TPSA) is 92.7 Å². The van der Waals surface area contributed by atoms with Crippen molar-refractivity contribution in [2.45, 2.75) is 5.92 Å². The van der Waals surface area contributed by atoms with Crippen molar-refractivity contribution in [3.05, 3.63) is 83.4 Å². The van der Waals surface area contributed by atoms with Crippen LogP contribution in [0, 0.1) is 0 Å². The quantitative estimate of drug-likeness (QED) is 0.551. The van der Waals surface area contributed by atoms with Crippen LogP contribution < -0.4 is 10.6 Å². The number of anilines is 1. The van der Waals surface area contributed by atoms with E-state index in [9.17, 15) is 19.3 Å². The molecule has 0 heterocycles. The average molecular weight is 435 g/mol. The molecule has 7 heteroatoms. The van der Waals surface area contributed by atoms with Gasteiger partial charge in [0.1, 0.15) is 13.7 Å². The highest BCUT2D eigenvalue weighted by molar-refractivity contribution is 7.70. The van der Waals surface area contributed by atoms with E-state index in [1.165, 1.54) is 31.5 Å². The van der Waals surface area contributed by atoms with Gasteiger partial charge in [0.15, 0.2) is 0 Å². The molecule has 1 amide bonds. The molecule has 158 valence electrons. The monoisotopic (exact) mass is 435 g/mol. The summed E-state index contributed by atoms with van der Waals surface area (Å²) in [4.78, 5) is 23.8. The number of fused-ring (bicyclic) bond motifs is 3. The number of rotatable bonds is 5. The molecular weight excluding hydrogens is 413 g/mol. The predicted octanol–water partition coefficient (Wildman–Crippen LogP) is 4.99. The molecule has 0 saturated heterocycles. The van der Waals surface area contributed by atoms with Crippen LogP contribution in [0.15, 0.2) is 66.7 Å². The van der Waals surface area contributed by atoms with Gasteiger partial charge in [-0.05, 0) is 53.8 Å². The lowest BCUT2D eigenvalue weighted by atomic mass is 9.98. The Bertz CT molecular complexity index is 1180. The third-order valence-electron chi connectivity index (χ3n) is 5.41. The summed E-state index contributed by atoms with van der Waals surface area (Å²) >= 11 is 0. The van der Waals surface area contributed by atoms with Gasteiger partial charge in [0.05, 0.1) is 11.3 Å². The summed E-state index contributed by atoms with van der Waals surface area (Å²) in [6.07, 6.45) is -0.681. The zero-order chi connectivity index (χ0) is 22.2. The lowest BCUT2D eigenvalue weighted by Gasteiger charge is -2.17. The minimum Gasteiger partial charge on any atom is -0.478 e. The molecule has 1 aliphatic carbocycles. The Morgan fingerprint density at radius 2 is 1.55 bits per heavy atom. The molecule has 3 aromatic rings. The number of carbonyl (C=O) groups excluding carboxylic acids is 1. The Labute approximate surface area is 180 Å². The van der Waals surface area contributed by atoms with Gasteiger partial charge in [-0.25, -0.2) is 9.59 Å². The van der Waals surface area contributed by atoms with Crippen molar-refractivity contribution in [3.63, 3.8) is 0 Å². The number of carbonyl (C=O) groups is 2. The molecule has 4 rings (SSSR count). The third kappa shape index (κ3) is 4.12. The first kappa shape index (κ1) is 20.9. The maximum Gasteiger partial charge on any atom is 0.411 e. The molecule has 0 radical (unpaired) electrons. The number of benzene rings is 3. The Hall–Kier alpha value is -3.37. The molecule has 3 aromatic carbocycles. The molecule has 31 heavy (non-hydrogen) atoms. The second-order valence-corrected chi connectivity index (χ2v) is 11.0. The lowest BCUT2D eigenvalue weighted by Crippen LogP contribution is -2.22. The van der Waals surface area contributed by atoms with Crippen molar-refractivity contribution < 1.29 is 24.0 Å². The van der Waals surface area contributed by atoms with E-state index >= 15 is 0 Å². The third-order valence-corrected chi connectivity index (χ3v) is 6.94. The van der Waals surface area contributed by atoms with Crippen LogP contribution in [0.25, 0.3) is 11.1 Å². The van der Waals surface area contributed by atoms with Crippen LogP contribution >= 0.6 is 7.14 Å². The van der Waals surface area contributed by atoms with Gasteiger partial charge in [0.25, 0.3) is 0 Å². The van der Waals surface area contributed by atoms with E-state index in [4.69, 9.17) is 4.74 Å². The first-order valence-corrected chi connectivity index (χ1v) is 12.4. The summed E-state index contributed by atoms with van der Waals surface area (Å²) < 4.78 is 18.2. The van der Waals surface area contributed by atoms with Gasteiger partial charge in [0.2, 0.25) is 0 Å². The summed E-state index contributed by atoms with van der Waals surface area (Å²) in [7, 11) is -2.84. The Morgan fingerprint density at radius 3 is 2.10 bits per heavy atom. The highest BCUT2D eigenvalue weighted by Gasteiger charge is 2.29. The molecule has 0 fully saturated rings. The number of hydrogen-bond acceptors (Lipinski definition) is 4. The van der Waals surface area contributed by atoms with Gasteiger partial charge in [0, 0.05) is 11.2 Å². The largest absolute Gasteiger partial charge is 0.478 e. The number of amides is 1. The van der Waals surface area contributed by atoms with Gasteiger partial charge in [-0.2, -0.15) is 0 Å². The summed E-state index contributed by atoms with van der Waals surface area (Å²) in [6, 6.07) is 20.2. The number of carboxylic acid groups (broad SMARTS) is 1. The zero-order valence-corrected chi connectivity index (χ0v) is 18.1. The molecular formula is C24H22NO5P. The van der Waals surface area contributed by atoms with Crippen molar-refractivity contribution >= 4 is 30.2 Å². The minimum atomic E-state index is -2.84. The van der Waals surface area contributed by atoms with Crippen molar-refractivity contribution in [2.75, 3.05) is 25.3 Å². The van der Waals surface area contributed by atoms with E-state index in [1.54, 1.807) is 0 Å². The van der Waals surface area contributed by atoms with Crippen LogP contribution in [0.5, 0.6) is 0 Å². The predicted molar refractivity (Wildman–Crippen MR) is 121 cm³/mol. The smallest absolute Gasteiger partial charge is 0.411 e. The van der Waals surface area contributed by atoms with E-state index in [1.807, 2.05) is 36.4 Å². The van der Waals surface area contributed by atoms with Gasteiger partial charge >= 0.3 is 12.1 Å². The molecule has 0 spiro atoms. The molecule has 0 unspecified atom stereocenters. The van der Waals surface area contributed by atoms with Gasteiger partial charge in [-0.3, -0.25) is 5.32 Å². The summed E-state index contributed by atoms with van der Waals surface area (Å²) in [6.45, 7) is 3.20. The number of carboxylic acids is 1. The Balaban J connectivity index is 1.53. The summed E-state index contributed by atoms with van der Waals surface area (Å²) in [5.74, 6) is -1.20. The normalized spacial score (nSPS) is 12.7. The summed E-state index contributed by atoms with van der Waals surface area (Å²) in [5, 5.41) is 12.1. The number of aromatic carboxylic acids is 1. The van der Waals surface area contributed by atoms with E-state index in [0.29, 0.717) is 5.30 Å². The maximum atomic E-state index is 12.6. The van der Waals surface area contributed by atoms with Crippen LogP contribution in [0.3, 0.4) is 0 Å². The van der Waals surface area contributed by atoms with Gasteiger partial charge in [-0.15, -0.1) is 0 Å². The molecule has 0 bridgehead atoms. The van der Waals surface area contributed by atoms with Crippen LogP contribution in [0.1, 0.15) is 27.4 Å². The molecule has 0 aromatic heterocycles. The zero-order valence-electron chi connectivity index (χ0n) is 17.2. The standard InChI is InChI=1S/C24H22NO5P/c1-31(2,29)22-13-15(23(26)27)11-12-21(22)25-24(28)30-14-20-18-9-5-3-7-16(18)17-8-4-6-10-19(17)20/h3-13,20H,14H2,1-2H3,(H,25,28)(H,26,27). The average Bonchev–Trinajstić information content (AvgIpc) is 3.05. The van der Waals surface area contributed by atoms with Crippen molar-refractivity contribution in [1.82, 2.24) is 0 Å². The molecule has 0 saturated carbocycles. The maximum absolute atomic E-state index is 12.6. The first-order chi connectivity index (χ1) is 14.8. The van der Waals surface area contributed by atoms with E-state index < -0.39 is 19.2 Å². The fourth-order valence-electron chi connectivity index (χ4n) is 3.96. The fraction of sp³-hybridized carbons (Fsp3) is 0.167. The molecule has 6 nitrogen and oxygen atoms in total. The highest BCUT2D eigenvalue weighted by atomic mass is 31.2. The SMILES string of the molecule is CP(C)(=O)c1cc(C(=O)O)ccc1NC(=O)OCC1c2ccccc2-c2ccccc21. The van der Waals surface area contributed by atoms with E-state index in [0.717, 1.165) is 22.3 Å². The number of hydrogen-bond donors (Lipinski definition) is 2. The second kappa shape index (κ2) is 8.05. The van der Waals surface area contributed by atoms with Crippen molar-refractivity contribution in [1.29, 1.82) is 0 Å². The minimum absolute atomic E-state index is 0.0111. The Kier molecular flexibility index (Phi) is 5.42. The number of nitrogens with one attached hydrogen (secondary N) is 1.